The molecule has 1 aromatic rings. The molecule has 1 heterocycles. The van der Waals surface area contributed by atoms with Gasteiger partial charge in [-0.2, -0.15) is 0 Å². The molecule has 0 unspecified atom stereocenters. The highest BCUT2D eigenvalue weighted by Gasteiger charge is 2.15. The Morgan fingerprint density at radius 1 is 1.27 bits per heavy atom. The molecule has 1 aromatic carbocycles. The highest BCUT2D eigenvalue weighted by molar-refractivity contribution is 5.49. The Hall–Kier alpha value is -1.02. The summed E-state index contributed by atoms with van der Waals surface area (Å²) in [5.74, 6) is 0.645. The van der Waals surface area contributed by atoms with Crippen LogP contribution in [0.1, 0.15) is 37.3 Å². The molecule has 1 aliphatic rings. The molecule has 0 aromatic heterocycles. The molecule has 2 heteroatoms. The van der Waals surface area contributed by atoms with Gasteiger partial charge in [0.15, 0.2) is 0 Å². The average Bonchev–Trinajstić information content (AvgIpc) is 2.23. The van der Waals surface area contributed by atoms with Crippen molar-refractivity contribution in [2.24, 2.45) is 0 Å². The first-order valence-electron chi connectivity index (χ1n) is 5.21. The van der Waals surface area contributed by atoms with E-state index in [1.165, 1.54) is 11.1 Å². The zero-order valence-corrected chi connectivity index (χ0v) is 8.62. The lowest BCUT2D eigenvalue weighted by atomic mass is 9.91. The lowest BCUT2D eigenvalue weighted by Gasteiger charge is -2.22. The molecule has 0 bridgehead atoms. The molecule has 0 saturated carbocycles. The molecule has 0 aliphatic carbocycles. The monoisotopic (exact) mass is 207 g/mol. The predicted molar refractivity (Wildman–Crippen MR) is 65.1 cm³/mol. The van der Waals surface area contributed by atoms with Gasteiger partial charge in [0.05, 0.1) is 0 Å². The van der Waals surface area contributed by atoms with Crippen molar-refractivity contribution in [3.8, 4) is 0 Å². The Bertz CT molecular complexity index is 316. The molecule has 0 spiro atoms. The van der Waals surface area contributed by atoms with Gasteiger partial charge in [-0.1, -0.05) is 19.6 Å². The molecular formula is C13H21NO. The lowest BCUT2D eigenvalue weighted by Crippen LogP contribution is -2.14. The van der Waals surface area contributed by atoms with E-state index in [-0.39, 0.29) is 7.43 Å². The van der Waals surface area contributed by atoms with Crippen molar-refractivity contribution in [1.29, 1.82) is 0 Å². The molecule has 84 valence electrons. The van der Waals surface area contributed by atoms with E-state index < -0.39 is 0 Å². The normalized spacial score (nSPS) is 17.1. The van der Waals surface area contributed by atoms with Crippen LogP contribution in [0.25, 0.3) is 0 Å². The van der Waals surface area contributed by atoms with E-state index >= 15 is 0 Å². The van der Waals surface area contributed by atoms with Gasteiger partial charge in [0.25, 0.3) is 0 Å². The van der Waals surface area contributed by atoms with Gasteiger partial charge in [-0.25, -0.2) is 0 Å². The maximum atomic E-state index is 5.90. The van der Waals surface area contributed by atoms with Crippen LogP contribution in [0.2, 0.25) is 0 Å². The summed E-state index contributed by atoms with van der Waals surface area (Å²) >= 11 is 0. The first-order chi connectivity index (χ1) is 6.77. The first kappa shape index (κ1) is 12.1. The van der Waals surface area contributed by atoms with Crippen molar-refractivity contribution in [2.45, 2.75) is 33.1 Å². The van der Waals surface area contributed by atoms with E-state index in [0.29, 0.717) is 5.92 Å². The number of benzene rings is 1. The summed E-state index contributed by atoms with van der Waals surface area (Å²) in [6, 6.07) is 6.42. The largest absolute Gasteiger partial charge is 0.399 e. The van der Waals surface area contributed by atoms with E-state index in [4.69, 9.17) is 10.5 Å². The van der Waals surface area contributed by atoms with Gasteiger partial charge < -0.3 is 10.5 Å². The number of nitrogen functional groups attached to an aromatic ring is 1. The van der Waals surface area contributed by atoms with Crippen LogP contribution in [0.4, 0.5) is 5.69 Å². The summed E-state index contributed by atoms with van der Waals surface area (Å²) in [5.41, 5.74) is 9.35. The minimum atomic E-state index is 0. The fourth-order valence-corrected chi connectivity index (χ4v) is 1.94. The highest BCUT2D eigenvalue weighted by Crippen LogP contribution is 2.28. The van der Waals surface area contributed by atoms with Crippen LogP contribution in [0.15, 0.2) is 18.2 Å². The van der Waals surface area contributed by atoms with Crippen LogP contribution in [0, 0.1) is 6.92 Å². The summed E-state index contributed by atoms with van der Waals surface area (Å²) in [6.07, 6.45) is 2.25. The minimum absolute atomic E-state index is 0. The van der Waals surface area contributed by atoms with Crippen molar-refractivity contribution in [2.75, 3.05) is 18.9 Å². The van der Waals surface area contributed by atoms with Gasteiger partial charge in [0, 0.05) is 18.9 Å². The van der Waals surface area contributed by atoms with E-state index in [0.717, 1.165) is 31.7 Å². The number of rotatable bonds is 1. The molecule has 1 fully saturated rings. The molecule has 2 rings (SSSR count). The zero-order chi connectivity index (χ0) is 9.97. The van der Waals surface area contributed by atoms with Gasteiger partial charge in [-0.3, -0.25) is 0 Å². The fraction of sp³-hybridized carbons (Fsp3) is 0.538. The van der Waals surface area contributed by atoms with Crippen LogP contribution in [-0.2, 0) is 4.74 Å². The minimum Gasteiger partial charge on any atom is -0.399 e. The molecule has 1 saturated heterocycles. The third kappa shape index (κ3) is 2.72. The van der Waals surface area contributed by atoms with Gasteiger partial charge in [0.1, 0.15) is 0 Å². The van der Waals surface area contributed by atoms with Crippen molar-refractivity contribution < 1.29 is 4.74 Å². The number of hydrogen-bond donors (Lipinski definition) is 1. The van der Waals surface area contributed by atoms with Gasteiger partial charge >= 0.3 is 0 Å². The molecule has 2 N–H and O–H groups in total. The highest BCUT2D eigenvalue weighted by atomic mass is 16.5. The quantitative estimate of drug-likeness (QED) is 0.718. The Morgan fingerprint density at radius 2 is 1.93 bits per heavy atom. The molecule has 0 amide bonds. The average molecular weight is 207 g/mol. The van der Waals surface area contributed by atoms with Crippen LogP contribution < -0.4 is 5.73 Å². The predicted octanol–water partition coefficient (Wildman–Crippen LogP) is 3.11. The topological polar surface area (TPSA) is 35.2 Å². The maximum absolute atomic E-state index is 5.90. The Morgan fingerprint density at radius 3 is 2.53 bits per heavy atom. The van der Waals surface area contributed by atoms with Crippen LogP contribution >= 0.6 is 0 Å². The molecule has 15 heavy (non-hydrogen) atoms. The fourth-order valence-electron chi connectivity index (χ4n) is 1.94. The molecule has 0 radical (unpaired) electrons. The molecule has 1 aliphatic heterocycles. The zero-order valence-electron chi connectivity index (χ0n) is 8.62. The van der Waals surface area contributed by atoms with Crippen LogP contribution in [-0.4, -0.2) is 13.2 Å². The Labute approximate surface area is 92.4 Å². The van der Waals surface area contributed by atoms with Crippen LogP contribution in [0.3, 0.4) is 0 Å². The summed E-state index contributed by atoms with van der Waals surface area (Å²) < 4.78 is 5.34. The van der Waals surface area contributed by atoms with Crippen molar-refractivity contribution in [3.63, 3.8) is 0 Å². The van der Waals surface area contributed by atoms with Crippen molar-refractivity contribution in [1.82, 2.24) is 0 Å². The second-order valence-corrected chi connectivity index (χ2v) is 4.00. The van der Waals surface area contributed by atoms with E-state index in [1.54, 1.807) is 0 Å². The number of ether oxygens (including phenoxy) is 1. The summed E-state index contributed by atoms with van der Waals surface area (Å²) in [4.78, 5) is 0. The Kier molecular flexibility index (Phi) is 4.15. The second-order valence-electron chi connectivity index (χ2n) is 4.00. The Balaban J connectivity index is 0.00000112. The first-order valence-corrected chi connectivity index (χ1v) is 5.21. The molecule has 0 atom stereocenters. The number of aryl methyl sites for hydroxylation is 1. The summed E-state index contributed by atoms with van der Waals surface area (Å²) in [7, 11) is 0. The molecular weight excluding hydrogens is 186 g/mol. The van der Waals surface area contributed by atoms with Crippen molar-refractivity contribution in [3.05, 3.63) is 29.3 Å². The number of hydrogen-bond acceptors (Lipinski definition) is 2. The molecule has 2 nitrogen and oxygen atoms in total. The van der Waals surface area contributed by atoms with E-state index in [1.807, 2.05) is 6.92 Å². The van der Waals surface area contributed by atoms with Gasteiger partial charge in [-0.05, 0) is 42.9 Å². The standard InChI is InChI=1S/C12H17NO.CH4/c1-9-2-3-11(8-12(9)13)10-4-6-14-7-5-10;/h2-3,8,10H,4-7,13H2,1H3;1H4. The SMILES string of the molecule is C.Cc1ccc(C2CCOCC2)cc1N. The number of nitrogens with two attached hydrogens (primary N) is 1. The second kappa shape index (κ2) is 5.17. The van der Waals surface area contributed by atoms with E-state index in [2.05, 4.69) is 18.2 Å². The smallest absolute Gasteiger partial charge is 0.0471 e. The maximum Gasteiger partial charge on any atom is 0.0471 e. The van der Waals surface area contributed by atoms with E-state index in [9.17, 15) is 0 Å². The summed E-state index contributed by atoms with van der Waals surface area (Å²) in [6.45, 7) is 3.82. The van der Waals surface area contributed by atoms with Gasteiger partial charge in [-0.15, -0.1) is 0 Å². The lowest BCUT2D eigenvalue weighted by molar-refractivity contribution is 0.0853. The van der Waals surface area contributed by atoms with Gasteiger partial charge in [0.2, 0.25) is 0 Å². The number of anilines is 1. The summed E-state index contributed by atoms with van der Waals surface area (Å²) in [5, 5.41) is 0. The van der Waals surface area contributed by atoms with Crippen LogP contribution in [0.5, 0.6) is 0 Å². The third-order valence-electron chi connectivity index (χ3n) is 3.00. The third-order valence-corrected chi connectivity index (χ3v) is 3.00. The van der Waals surface area contributed by atoms with Crippen molar-refractivity contribution >= 4 is 5.69 Å².